The minimum atomic E-state index is -1.31. The summed E-state index contributed by atoms with van der Waals surface area (Å²) in [4.78, 5) is 11.9. The van der Waals surface area contributed by atoms with Gasteiger partial charge in [0.05, 0.1) is 0 Å². The zero-order chi connectivity index (χ0) is 9.68. The van der Waals surface area contributed by atoms with Gasteiger partial charge in [0.1, 0.15) is 0 Å². The summed E-state index contributed by atoms with van der Waals surface area (Å²) in [6, 6.07) is 0. The van der Waals surface area contributed by atoms with Gasteiger partial charge in [-0.15, -0.1) is 0 Å². The molecule has 2 rings (SSSR count). The average molecular weight is 184 g/mol. The molecule has 1 N–H and O–H groups in total. The van der Waals surface area contributed by atoms with Crippen LogP contribution < -0.4 is 0 Å². The molecule has 0 fully saturated rings. The van der Waals surface area contributed by atoms with Crippen LogP contribution in [0, 0.1) is 0 Å². The van der Waals surface area contributed by atoms with Crippen molar-refractivity contribution in [2.24, 2.45) is 0 Å². The molecule has 0 aromatic rings. The smallest absolute Gasteiger partial charge is 0.333 e. The zero-order valence-corrected chi connectivity index (χ0v) is 6.87. The molecule has 0 aliphatic heterocycles. The van der Waals surface area contributed by atoms with Gasteiger partial charge < -0.3 is 5.11 Å². The molecule has 0 spiro atoms. The van der Waals surface area contributed by atoms with Crippen molar-refractivity contribution in [3.63, 3.8) is 0 Å². The molecule has 0 radical (unpaired) electrons. The number of hydrogen-bond acceptors (Lipinski definition) is 2. The number of aliphatic carboxylic acids is 1. The van der Waals surface area contributed by atoms with E-state index in [4.69, 9.17) is 5.11 Å². The van der Waals surface area contributed by atoms with Crippen LogP contribution in [0.3, 0.4) is 0 Å². The second kappa shape index (κ2) is 4.57. The fraction of sp³-hybridized carbons (Fsp3) is 0.222. The molecule has 0 saturated carbocycles. The summed E-state index contributed by atoms with van der Waals surface area (Å²) < 4.78 is 10.4. The lowest BCUT2D eigenvalue weighted by Crippen LogP contribution is -2.00. The molecule has 2 aliphatic rings. The van der Waals surface area contributed by atoms with Crippen LogP contribution in [0.4, 0.5) is 4.53 Å². The molecule has 3 nitrogen and oxygen atoms in total. The van der Waals surface area contributed by atoms with Gasteiger partial charge in [0.2, 0.25) is 0 Å². The van der Waals surface area contributed by atoms with Gasteiger partial charge in [-0.05, 0) is 22.1 Å². The van der Waals surface area contributed by atoms with Crippen LogP contribution in [-0.4, -0.2) is 17.7 Å². The summed E-state index contributed by atoms with van der Waals surface area (Å²) in [5.74, 6) is -1.31. The maximum absolute atomic E-state index is 10.4. The molecule has 0 heterocycles. The van der Waals surface area contributed by atoms with Crippen molar-refractivity contribution in [3.05, 3.63) is 35.5 Å². The van der Waals surface area contributed by atoms with Crippen LogP contribution in [-0.2, 0) is 9.74 Å². The van der Waals surface area contributed by atoms with E-state index in [1.54, 1.807) is 0 Å². The van der Waals surface area contributed by atoms with Gasteiger partial charge in [-0.2, -0.15) is 4.94 Å². The monoisotopic (exact) mass is 184 g/mol. The first-order valence-corrected chi connectivity index (χ1v) is 3.75. The van der Waals surface area contributed by atoms with E-state index in [2.05, 4.69) is 29.2 Å². The van der Waals surface area contributed by atoms with Crippen molar-refractivity contribution in [3.8, 4) is 0 Å². The van der Waals surface area contributed by atoms with E-state index >= 15 is 0 Å². The first-order chi connectivity index (χ1) is 6.22. The van der Waals surface area contributed by atoms with Crippen molar-refractivity contribution in [1.82, 2.24) is 0 Å². The topological polar surface area (TPSA) is 46.5 Å². The van der Waals surface area contributed by atoms with E-state index in [0.29, 0.717) is 0 Å². The molecular weight excluding hydrogens is 175 g/mol. The lowest BCUT2D eigenvalue weighted by molar-refractivity contribution is -0.170. The largest absolute Gasteiger partial charge is 0.479 e. The van der Waals surface area contributed by atoms with Crippen molar-refractivity contribution in [2.75, 3.05) is 6.61 Å². The van der Waals surface area contributed by atoms with Crippen LogP contribution in [0.1, 0.15) is 6.42 Å². The predicted molar refractivity (Wildman–Crippen MR) is 44.6 cm³/mol. The fourth-order valence-corrected chi connectivity index (χ4v) is 1.06. The average Bonchev–Trinajstić information content (AvgIpc) is 2.66. The Morgan fingerprint density at radius 1 is 1.46 bits per heavy atom. The lowest BCUT2D eigenvalue weighted by atomic mass is 10.3. The third kappa shape index (κ3) is 3.21. The first kappa shape index (κ1) is 9.67. The Morgan fingerprint density at radius 3 is 2.08 bits per heavy atom. The second-order valence-corrected chi connectivity index (χ2v) is 2.64. The van der Waals surface area contributed by atoms with Crippen molar-refractivity contribution in [2.45, 2.75) is 6.42 Å². The summed E-state index contributed by atoms with van der Waals surface area (Å²) in [7, 11) is 0. The quantitative estimate of drug-likeness (QED) is 0.711. The van der Waals surface area contributed by atoms with Gasteiger partial charge in [0.15, 0.2) is 6.61 Å². The minimum Gasteiger partial charge on any atom is -0.479 e. The van der Waals surface area contributed by atoms with Crippen molar-refractivity contribution in [1.29, 1.82) is 0 Å². The molecule has 0 atom stereocenters. The number of rotatable bonds is 2. The second-order valence-electron chi connectivity index (χ2n) is 2.64. The van der Waals surface area contributed by atoms with E-state index in [1.807, 2.05) is 0 Å². The highest BCUT2D eigenvalue weighted by Gasteiger charge is 2.07. The molecule has 2 bridgehead atoms. The Bertz CT molecular complexity index is 269. The molecule has 2 aliphatic carbocycles. The molecule has 0 unspecified atom stereocenters. The normalized spacial score (nSPS) is 16.1. The molecule has 0 amide bonds. The van der Waals surface area contributed by atoms with Gasteiger partial charge in [-0.25, -0.2) is 4.79 Å². The Balaban J connectivity index is 0.000000133. The van der Waals surface area contributed by atoms with E-state index in [9.17, 15) is 9.32 Å². The minimum absolute atomic E-state index is 0.875. The van der Waals surface area contributed by atoms with E-state index in [1.165, 1.54) is 17.6 Å². The summed E-state index contributed by atoms with van der Waals surface area (Å²) >= 11 is 0. The lowest BCUT2D eigenvalue weighted by Gasteiger charge is -1.78. The number of carboxylic acid groups (broad SMARTS) is 1. The predicted octanol–water partition coefficient (Wildman–Crippen LogP) is 1.78. The van der Waals surface area contributed by atoms with Gasteiger partial charge in [0.25, 0.3) is 0 Å². The fourth-order valence-electron chi connectivity index (χ4n) is 1.06. The molecule has 0 aromatic carbocycles. The van der Waals surface area contributed by atoms with Gasteiger partial charge in [-0.1, -0.05) is 24.3 Å². The van der Waals surface area contributed by atoms with Crippen LogP contribution in [0.15, 0.2) is 35.5 Å². The number of fused-ring (bicyclic) bond motifs is 2. The highest BCUT2D eigenvalue weighted by Crippen LogP contribution is 2.27. The van der Waals surface area contributed by atoms with Crippen LogP contribution in [0.25, 0.3) is 0 Å². The third-order valence-corrected chi connectivity index (χ3v) is 1.61. The van der Waals surface area contributed by atoms with Crippen LogP contribution in [0.5, 0.6) is 0 Å². The number of carbonyl (C=O) groups is 1. The van der Waals surface area contributed by atoms with Crippen molar-refractivity contribution >= 4 is 5.97 Å². The van der Waals surface area contributed by atoms with Crippen LogP contribution in [0.2, 0.25) is 0 Å². The number of carboxylic acids is 1. The van der Waals surface area contributed by atoms with Gasteiger partial charge in [0, 0.05) is 0 Å². The van der Waals surface area contributed by atoms with Gasteiger partial charge in [-0.3, -0.25) is 0 Å². The standard InChI is InChI=1S/C7H6.C2H3FO3/c1-2-7-4-3-6(1)5-7;3-6-1-2(4)5/h1-4H,5H2;1H2,(H,4,5). The van der Waals surface area contributed by atoms with Crippen molar-refractivity contribution < 1.29 is 19.4 Å². The molecule has 13 heavy (non-hydrogen) atoms. The summed E-state index contributed by atoms with van der Waals surface area (Å²) in [5.41, 5.74) is 2.94. The SMILES string of the molecule is C1=CC2=CC=C1C2.O=C(O)COF. The molecule has 4 heteroatoms. The highest BCUT2D eigenvalue weighted by atomic mass is 19.3. The summed E-state index contributed by atoms with van der Waals surface area (Å²) in [5, 5.41) is 7.55. The van der Waals surface area contributed by atoms with E-state index < -0.39 is 12.6 Å². The van der Waals surface area contributed by atoms with E-state index in [-0.39, 0.29) is 0 Å². The maximum Gasteiger partial charge on any atom is 0.333 e. The number of halogens is 1. The molecule has 70 valence electrons. The Hall–Kier alpha value is -1.42. The number of allylic oxidation sites excluding steroid dienone is 6. The molecular formula is C9H9FO3. The van der Waals surface area contributed by atoms with Crippen LogP contribution >= 0.6 is 0 Å². The number of hydrogen-bond donors (Lipinski definition) is 1. The Labute approximate surface area is 74.7 Å². The third-order valence-electron chi connectivity index (χ3n) is 1.61. The Morgan fingerprint density at radius 2 is 2.00 bits per heavy atom. The Kier molecular flexibility index (Phi) is 3.40. The maximum atomic E-state index is 10.4. The zero-order valence-electron chi connectivity index (χ0n) is 6.87. The van der Waals surface area contributed by atoms with E-state index in [0.717, 1.165) is 0 Å². The summed E-state index contributed by atoms with van der Waals surface area (Å²) in [6.07, 6.45) is 9.90. The highest BCUT2D eigenvalue weighted by molar-refractivity contribution is 5.67. The first-order valence-electron chi connectivity index (χ1n) is 3.75. The molecule has 0 saturated heterocycles. The molecule has 0 aromatic heterocycles. The summed E-state index contributed by atoms with van der Waals surface area (Å²) in [6.45, 7) is -0.875. The van der Waals surface area contributed by atoms with Gasteiger partial charge >= 0.3 is 5.97 Å².